The summed E-state index contributed by atoms with van der Waals surface area (Å²) in [6, 6.07) is 7.16. The van der Waals surface area contributed by atoms with Gasteiger partial charge in [-0.25, -0.2) is 0 Å². The zero-order valence-corrected chi connectivity index (χ0v) is 9.53. The number of anilines is 1. The highest BCUT2D eigenvalue weighted by molar-refractivity contribution is 5.59. The Morgan fingerprint density at radius 1 is 1.40 bits per heavy atom. The van der Waals surface area contributed by atoms with Crippen molar-refractivity contribution in [1.82, 2.24) is 0 Å². The van der Waals surface area contributed by atoms with Gasteiger partial charge < -0.3 is 10.0 Å². The first-order chi connectivity index (χ1) is 7.22. The van der Waals surface area contributed by atoms with Gasteiger partial charge in [0.1, 0.15) is 0 Å². The molecule has 0 bridgehead atoms. The average molecular weight is 205 g/mol. The topological polar surface area (TPSA) is 23.5 Å². The molecule has 0 amide bonds. The van der Waals surface area contributed by atoms with Crippen LogP contribution in [0.2, 0.25) is 0 Å². The van der Waals surface area contributed by atoms with E-state index in [4.69, 9.17) is 5.11 Å². The van der Waals surface area contributed by atoms with E-state index in [0.717, 1.165) is 19.4 Å². The van der Waals surface area contributed by atoms with Crippen molar-refractivity contribution in [3.63, 3.8) is 0 Å². The molecule has 1 heterocycles. The van der Waals surface area contributed by atoms with Crippen LogP contribution in [0.3, 0.4) is 0 Å². The molecule has 0 fully saturated rings. The van der Waals surface area contributed by atoms with Gasteiger partial charge in [-0.1, -0.05) is 12.1 Å². The smallest absolute Gasteiger partial charge is 0.0471 e. The Morgan fingerprint density at radius 2 is 2.20 bits per heavy atom. The molecule has 0 radical (unpaired) electrons. The van der Waals surface area contributed by atoms with Gasteiger partial charge in [0.05, 0.1) is 0 Å². The maximum Gasteiger partial charge on any atom is 0.0471 e. The molecule has 1 aliphatic heterocycles. The Labute approximate surface area is 91.5 Å². The van der Waals surface area contributed by atoms with Crippen molar-refractivity contribution in [1.29, 1.82) is 0 Å². The van der Waals surface area contributed by atoms with E-state index in [1.165, 1.54) is 16.8 Å². The molecule has 1 aliphatic rings. The Morgan fingerprint density at radius 3 is 2.87 bits per heavy atom. The second kappa shape index (κ2) is 4.23. The fourth-order valence-electron chi connectivity index (χ4n) is 2.30. The first kappa shape index (κ1) is 10.5. The Hall–Kier alpha value is -1.02. The molecule has 1 aromatic rings. The lowest BCUT2D eigenvalue weighted by molar-refractivity contribution is 0.299. The highest BCUT2D eigenvalue weighted by Crippen LogP contribution is 2.30. The van der Waals surface area contributed by atoms with E-state index in [2.05, 4.69) is 36.9 Å². The minimum Gasteiger partial charge on any atom is -0.396 e. The van der Waals surface area contributed by atoms with Gasteiger partial charge in [-0.05, 0) is 43.9 Å². The molecule has 15 heavy (non-hydrogen) atoms. The number of aliphatic hydroxyl groups excluding tert-OH is 1. The number of rotatable bonds is 3. The lowest BCUT2D eigenvalue weighted by Crippen LogP contribution is -2.28. The molecule has 0 saturated carbocycles. The SMILES string of the molecule is CC(C)N1CCc2cc(CCO)ccc21. The molecule has 1 aromatic carbocycles. The van der Waals surface area contributed by atoms with E-state index in [1.807, 2.05) is 0 Å². The van der Waals surface area contributed by atoms with Crippen molar-refractivity contribution >= 4 is 5.69 Å². The van der Waals surface area contributed by atoms with Gasteiger partial charge in [-0.2, -0.15) is 0 Å². The number of benzene rings is 1. The lowest BCUT2D eigenvalue weighted by Gasteiger charge is -2.24. The van der Waals surface area contributed by atoms with Gasteiger partial charge in [0, 0.05) is 24.9 Å². The largest absolute Gasteiger partial charge is 0.396 e. The Kier molecular flexibility index (Phi) is 2.96. The summed E-state index contributed by atoms with van der Waals surface area (Å²) in [6.07, 6.45) is 1.92. The second-order valence-electron chi connectivity index (χ2n) is 4.47. The normalized spacial score (nSPS) is 14.8. The molecule has 0 spiro atoms. The quantitative estimate of drug-likeness (QED) is 0.815. The van der Waals surface area contributed by atoms with Crippen molar-refractivity contribution < 1.29 is 5.11 Å². The zero-order chi connectivity index (χ0) is 10.8. The van der Waals surface area contributed by atoms with Gasteiger partial charge in [-0.3, -0.25) is 0 Å². The highest BCUT2D eigenvalue weighted by Gasteiger charge is 2.20. The number of hydrogen-bond donors (Lipinski definition) is 1. The van der Waals surface area contributed by atoms with E-state index < -0.39 is 0 Å². The van der Waals surface area contributed by atoms with Gasteiger partial charge in [-0.15, -0.1) is 0 Å². The van der Waals surface area contributed by atoms with E-state index in [-0.39, 0.29) is 6.61 Å². The average Bonchev–Trinajstić information content (AvgIpc) is 2.61. The van der Waals surface area contributed by atoms with Crippen LogP contribution >= 0.6 is 0 Å². The van der Waals surface area contributed by atoms with Gasteiger partial charge in [0.15, 0.2) is 0 Å². The van der Waals surface area contributed by atoms with Crippen LogP contribution in [0.15, 0.2) is 18.2 Å². The third-order valence-electron chi connectivity index (χ3n) is 3.10. The van der Waals surface area contributed by atoms with Crippen molar-refractivity contribution in [2.24, 2.45) is 0 Å². The minimum atomic E-state index is 0.243. The molecule has 0 aromatic heterocycles. The number of fused-ring (bicyclic) bond motifs is 1. The van der Waals surface area contributed by atoms with E-state index >= 15 is 0 Å². The molecule has 0 aliphatic carbocycles. The summed E-state index contributed by atoms with van der Waals surface area (Å²) in [5.41, 5.74) is 4.07. The van der Waals surface area contributed by atoms with Crippen molar-refractivity contribution in [3.05, 3.63) is 29.3 Å². The molecule has 2 heteroatoms. The summed E-state index contributed by atoms with van der Waals surface area (Å²) in [5.74, 6) is 0. The minimum absolute atomic E-state index is 0.243. The van der Waals surface area contributed by atoms with Crippen LogP contribution < -0.4 is 4.90 Å². The summed E-state index contributed by atoms with van der Waals surface area (Å²) in [4.78, 5) is 2.44. The molecule has 82 valence electrons. The monoisotopic (exact) mass is 205 g/mol. The molecule has 2 nitrogen and oxygen atoms in total. The molecule has 0 unspecified atom stereocenters. The van der Waals surface area contributed by atoms with E-state index in [0.29, 0.717) is 6.04 Å². The molecule has 0 saturated heterocycles. The highest BCUT2D eigenvalue weighted by atomic mass is 16.2. The van der Waals surface area contributed by atoms with Crippen molar-refractivity contribution in [2.45, 2.75) is 32.7 Å². The van der Waals surface area contributed by atoms with Gasteiger partial charge in [0.25, 0.3) is 0 Å². The standard InChI is InChI=1S/C13H19NO/c1-10(2)14-7-5-12-9-11(6-8-15)3-4-13(12)14/h3-4,9-10,15H,5-8H2,1-2H3. The molecule has 0 atom stereocenters. The molecule has 1 N–H and O–H groups in total. The van der Waals surface area contributed by atoms with Crippen molar-refractivity contribution in [3.8, 4) is 0 Å². The van der Waals surface area contributed by atoms with E-state index in [9.17, 15) is 0 Å². The third kappa shape index (κ3) is 2.00. The number of hydrogen-bond acceptors (Lipinski definition) is 2. The third-order valence-corrected chi connectivity index (χ3v) is 3.10. The summed E-state index contributed by atoms with van der Waals surface area (Å²) >= 11 is 0. The van der Waals surface area contributed by atoms with Crippen molar-refractivity contribution in [2.75, 3.05) is 18.1 Å². The summed E-state index contributed by atoms with van der Waals surface area (Å²) in [5, 5.41) is 8.90. The maximum absolute atomic E-state index is 8.90. The van der Waals surface area contributed by atoms with Gasteiger partial charge in [0.2, 0.25) is 0 Å². The molecular formula is C13H19NO. The van der Waals surface area contributed by atoms with Crippen LogP contribution in [0.5, 0.6) is 0 Å². The lowest BCUT2D eigenvalue weighted by atomic mass is 10.1. The van der Waals surface area contributed by atoms with Crippen LogP contribution in [-0.2, 0) is 12.8 Å². The van der Waals surface area contributed by atoms with Crippen LogP contribution in [0, 0.1) is 0 Å². The van der Waals surface area contributed by atoms with Crippen LogP contribution in [0.1, 0.15) is 25.0 Å². The Balaban J connectivity index is 2.25. The summed E-state index contributed by atoms with van der Waals surface area (Å²) in [6.45, 7) is 5.84. The van der Waals surface area contributed by atoms with Gasteiger partial charge >= 0.3 is 0 Å². The Bertz CT molecular complexity index is 346. The maximum atomic E-state index is 8.90. The van der Waals surface area contributed by atoms with Crippen LogP contribution in [0.25, 0.3) is 0 Å². The molecular weight excluding hydrogens is 186 g/mol. The first-order valence-corrected chi connectivity index (χ1v) is 5.71. The fraction of sp³-hybridized carbons (Fsp3) is 0.538. The molecule has 2 rings (SSSR count). The second-order valence-corrected chi connectivity index (χ2v) is 4.47. The number of aliphatic hydroxyl groups is 1. The summed E-state index contributed by atoms with van der Waals surface area (Å²) < 4.78 is 0. The van der Waals surface area contributed by atoms with Crippen LogP contribution in [0.4, 0.5) is 5.69 Å². The number of nitrogens with zero attached hydrogens (tertiary/aromatic N) is 1. The summed E-state index contributed by atoms with van der Waals surface area (Å²) in [7, 11) is 0. The van der Waals surface area contributed by atoms with Crippen LogP contribution in [-0.4, -0.2) is 24.3 Å². The predicted octanol–water partition coefficient (Wildman–Crippen LogP) is 1.99. The van der Waals surface area contributed by atoms with E-state index in [1.54, 1.807) is 0 Å². The predicted molar refractivity (Wildman–Crippen MR) is 63.4 cm³/mol. The fourth-order valence-corrected chi connectivity index (χ4v) is 2.30. The zero-order valence-electron chi connectivity index (χ0n) is 9.53. The first-order valence-electron chi connectivity index (χ1n) is 5.71.